The molecule has 1 aliphatic heterocycles. The van der Waals surface area contributed by atoms with Gasteiger partial charge in [0, 0.05) is 66.1 Å². The Balaban J connectivity index is 1.57. The van der Waals surface area contributed by atoms with Gasteiger partial charge in [0.25, 0.3) is 0 Å². The quantitative estimate of drug-likeness (QED) is 0.566. The Morgan fingerprint density at radius 2 is 1.74 bits per heavy atom. The Hall–Kier alpha value is -3.32. The molecule has 4 rings (SSSR count). The number of aliphatic carboxylic acids is 1. The summed E-state index contributed by atoms with van der Waals surface area (Å²) in [6.45, 7) is 6.53. The van der Waals surface area contributed by atoms with Crippen LogP contribution in [0.5, 0.6) is 0 Å². The van der Waals surface area contributed by atoms with Crippen LogP contribution in [-0.4, -0.2) is 53.0 Å². The van der Waals surface area contributed by atoms with E-state index >= 15 is 0 Å². The van der Waals surface area contributed by atoms with Crippen molar-refractivity contribution >= 4 is 34.2 Å². The molecule has 0 radical (unpaired) electrons. The lowest BCUT2D eigenvalue weighted by atomic mass is 10.0. The standard InChI is InChI=1S/C24H28N4O3/c1-16(2)23(29)26-17-8-9-21-19(14-17)20(15-25-21)22(24(30)31)28-12-10-27(11-13-28)18-6-4-3-5-7-18/h3-9,14-16,22,25H,10-13H2,1-2H3,(H,26,29)(H,30,31). The molecule has 31 heavy (non-hydrogen) atoms. The molecule has 1 fully saturated rings. The molecule has 2 heterocycles. The third kappa shape index (κ3) is 4.41. The number of aromatic nitrogens is 1. The lowest BCUT2D eigenvalue weighted by Crippen LogP contribution is -2.49. The van der Waals surface area contributed by atoms with Crippen molar-refractivity contribution in [3.63, 3.8) is 0 Å². The minimum Gasteiger partial charge on any atom is -0.480 e. The van der Waals surface area contributed by atoms with Gasteiger partial charge < -0.3 is 20.3 Å². The molecular formula is C24H28N4O3. The minimum atomic E-state index is -0.870. The molecule has 162 valence electrons. The first-order valence-electron chi connectivity index (χ1n) is 10.6. The molecule has 2 aromatic carbocycles. The highest BCUT2D eigenvalue weighted by molar-refractivity contribution is 5.96. The average molecular weight is 421 g/mol. The second kappa shape index (κ2) is 8.81. The summed E-state index contributed by atoms with van der Waals surface area (Å²) >= 11 is 0. The molecular weight excluding hydrogens is 392 g/mol. The first-order chi connectivity index (χ1) is 14.9. The summed E-state index contributed by atoms with van der Waals surface area (Å²) in [5.74, 6) is -1.07. The van der Waals surface area contributed by atoms with Gasteiger partial charge >= 0.3 is 5.97 Å². The van der Waals surface area contributed by atoms with Crippen molar-refractivity contribution in [1.29, 1.82) is 0 Å². The van der Waals surface area contributed by atoms with E-state index in [1.807, 2.05) is 55.1 Å². The minimum absolute atomic E-state index is 0.0664. The number of amides is 1. The Bertz CT molecular complexity index is 1070. The van der Waals surface area contributed by atoms with Crippen LogP contribution in [0.4, 0.5) is 11.4 Å². The van der Waals surface area contributed by atoms with E-state index in [0.717, 1.165) is 35.2 Å². The maximum absolute atomic E-state index is 12.3. The lowest BCUT2D eigenvalue weighted by Gasteiger charge is -2.38. The number of H-pyrrole nitrogens is 1. The normalized spacial score (nSPS) is 15.9. The van der Waals surface area contributed by atoms with Gasteiger partial charge in [-0.15, -0.1) is 0 Å². The number of hydrogen-bond donors (Lipinski definition) is 3. The largest absolute Gasteiger partial charge is 0.480 e. The molecule has 0 bridgehead atoms. The van der Waals surface area contributed by atoms with Crippen molar-refractivity contribution in [3.8, 4) is 0 Å². The molecule has 1 saturated heterocycles. The van der Waals surface area contributed by atoms with E-state index in [-0.39, 0.29) is 11.8 Å². The SMILES string of the molecule is CC(C)C(=O)Nc1ccc2[nH]cc(C(C(=O)O)N3CCN(c4ccccc4)CC3)c2c1. The van der Waals surface area contributed by atoms with Crippen molar-refractivity contribution in [1.82, 2.24) is 9.88 Å². The van der Waals surface area contributed by atoms with Gasteiger partial charge in [0.15, 0.2) is 0 Å². The fourth-order valence-corrected chi connectivity index (χ4v) is 4.10. The smallest absolute Gasteiger partial charge is 0.325 e. The molecule has 1 unspecified atom stereocenters. The molecule has 1 aromatic heterocycles. The zero-order valence-electron chi connectivity index (χ0n) is 17.8. The van der Waals surface area contributed by atoms with Crippen molar-refractivity contribution in [2.24, 2.45) is 5.92 Å². The van der Waals surface area contributed by atoms with Crippen LogP contribution in [0.2, 0.25) is 0 Å². The maximum atomic E-state index is 12.3. The number of carboxylic acids is 1. The summed E-state index contributed by atoms with van der Waals surface area (Å²) in [6, 6.07) is 15.0. The van der Waals surface area contributed by atoms with E-state index in [4.69, 9.17) is 0 Å². The second-order valence-corrected chi connectivity index (χ2v) is 8.25. The van der Waals surface area contributed by atoms with E-state index in [1.165, 1.54) is 0 Å². The fourth-order valence-electron chi connectivity index (χ4n) is 4.10. The predicted molar refractivity (Wildman–Crippen MR) is 122 cm³/mol. The summed E-state index contributed by atoms with van der Waals surface area (Å²) in [4.78, 5) is 31.9. The van der Waals surface area contributed by atoms with Crippen LogP contribution in [0.3, 0.4) is 0 Å². The highest BCUT2D eigenvalue weighted by Gasteiger charge is 2.32. The maximum Gasteiger partial charge on any atom is 0.325 e. The van der Waals surface area contributed by atoms with E-state index in [2.05, 4.69) is 27.3 Å². The first-order valence-corrected chi connectivity index (χ1v) is 10.6. The Morgan fingerprint density at radius 1 is 1.03 bits per heavy atom. The van der Waals surface area contributed by atoms with Crippen molar-refractivity contribution < 1.29 is 14.7 Å². The van der Waals surface area contributed by atoms with E-state index in [1.54, 1.807) is 6.20 Å². The monoisotopic (exact) mass is 420 g/mol. The molecule has 7 heteroatoms. The Kier molecular flexibility index (Phi) is 5.95. The zero-order valence-corrected chi connectivity index (χ0v) is 17.8. The van der Waals surface area contributed by atoms with Gasteiger partial charge in [-0.2, -0.15) is 0 Å². The number of aromatic amines is 1. The summed E-state index contributed by atoms with van der Waals surface area (Å²) in [7, 11) is 0. The Morgan fingerprint density at radius 3 is 2.39 bits per heavy atom. The van der Waals surface area contributed by atoms with Gasteiger partial charge in [-0.1, -0.05) is 32.0 Å². The van der Waals surface area contributed by atoms with Gasteiger partial charge in [0.1, 0.15) is 6.04 Å². The van der Waals surface area contributed by atoms with Crippen LogP contribution in [0.15, 0.2) is 54.7 Å². The molecule has 3 N–H and O–H groups in total. The number of anilines is 2. The second-order valence-electron chi connectivity index (χ2n) is 8.25. The van der Waals surface area contributed by atoms with E-state index in [0.29, 0.717) is 18.8 Å². The van der Waals surface area contributed by atoms with Crippen LogP contribution >= 0.6 is 0 Å². The van der Waals surface area contributed by atoms with Crippen LogP contribution in [0, 0.1) is 5.92 Å². The number of nitrogens with one attached hydrogen (secondary N) is 2. The van der Waals surface area contributed by atoms with Gasteiger partial charge in [-0.3, -0.25) is 14.5 Å². The van der Waals surface area contributed by atoms with Gasteiger partial charge in [-0.25, -0.2) is 0 Å². The zero-order chi connectivity index (χ0) is 22.0. The third-order valence-electron chi connectivity index (χ3n) is 5.83. The molecule has 7 nitrogen and oxygen atoms in total. The lowest BCUT2D eigenvalue weighted by molar-refractivity contribution is -0.143. The number of hydrogen-bond acceptors (Lipinski definition) is 4. The van der Waals surface area contributed by atoms with Crippen LogP contribution in [0.25, 0.3) is 10.9 Å². The molecule has 0 aliphatic carbocycles. The van der Waals surface area contributed by atoms with Gasteiger partial charge in [0.05, 0.1) is 0 Å². The summed E-state index contributed by atoms with van der Waals surface area (Å²) in [6.07, 6.45) is 1.78. The number of para-hydroxylation sites is 1. The number of rotatable bonds is 6. The summed E-state index contributed by atoms with van der Waals surface area (Å²) in [5, 5.41) is 13.8. The van der Waals surface area contributed by atoms with Gasteiger partial charge in [0.2, 0.25) is 5.91 Å². The number of benzene rings is 2. The molecule has 1 atom stereocenters. The average Bonchev–Trinajstić information content (AvgIpc) is 3.17. The van der Waals surface area contributed by atoms with Crippen molar-refractivity contribution in [3.05, 3.63) is 60.3 Å². The Labute approximate surface area is 181 Å². The third-order valence-corrected chi connectivity index (χ3v) is 5.83. The van der Waals surface area contributed by atoms with Crippen molar-refractivity contribution in [2.75, 3.05) is 36.4 Å². The molecule has 0 spiro atoms. The van der Waals surface area contributed by atoms with Crippen molar-refractivity contribution in [2.45, 2.75) is 19.9 Å². The number of piperazine rings is 1. The summed E-state index contributed by atoms with van der Waals surface area (Å²) < 4.78 is 0. The number of carboxylic acid groups (broad SMARTS) is 1. The van der Waals surface area contributed by atoms with Crippen LogP contribution in [0.1, 0.15) is 25.5 Å². The van der Waals surface area contributed by atoms with Crippen LogP contribution in [-0.2, 0) is 9.59 Å². The molecule has 1 aliphatic rings. The molecule has 0 saturated carbocycles. The number of carbonyl (C=O) groups excluding carboxylic acids is 1. The predicted octanol–water partition coefficient (Wildman–Crippen LogP) is 3.71. The van der Waals surface area contributed by atoms with E-state index in [9.17, 15) is 14.7 Å². The highest BCUT2D eigenvalue weighted by atomic mass is 16.4. The van der Waals surface area contributed by atoms with E-state index < -0.39 is 12.0 Å². The molecule has 3 aromatic rings. The number of fused-ring (bicyclic) bond motifs is 1. The fraction of sp³-hybridized carbons (Fsp3) is 0.333. The summed E-state index contributed by atoms with van der Waals surface area (Å²) in [5.41, 5.74) is 3.40. The highest BCUT2D eigenvalue weighted by Crippen LogP contribution is 2.32. The number of nitrogens with zero attached hydrogens (tertiary/aromatic N) is 2. The molecule has 1 amide bonds. The first kappa shape index (κ1) is 20.9. The van der Waals surface area contributed by atoms with Crippen LogP contribution < -0.4 is 10.2 Å². The number of carbonyl (C=O) groups is 2. The topological polar surface area (TPSA) is 88.7 Å². The van der Waals surface area contributed by atoms with Gasteiger partial charge in [-0.05, 0) is 30.3 Å².